The molecule has 2 bridgehead atoms. The Bertz CT molecular complexity index is 168. The van der Waals surface area contributed by atoms with Gasteiger partial charge < -0.3 is 14.6 Å². The van der Waals surface area contributed by atoms with E-state index in [0.29, 0.717) is 24.5 Å². The van der Waals surface area contributed by atoms with E-state index in [9.17, 15) is 5.11 Å². The molecule has 0 aromatic heterocycles. The predicted molar refractivity (Wildman–Crippen MR) is 32.2 cm³/mol. The van der Waals surface area contributed by atoms with E-state index in [1.807, 2.05) is 0 Å². The summed E-state index contributed by atoms with van der Waals surface area (Å²) < 4.78 is 10.6. The van der Waals surface area contributed by atoms with Crippen molar-refractivity contribution in [2.45, 2.75) is 24.9 Å². The maximum Gasteiger partial charge on any atom is 0.184 e. The van der Waals surface area contributed by atoms with Crippen LogP contribution >= 0.6 is 0 Å². The topological polar surface area (TPSA) is 38.7 Å². The van der Waals surface area contributed by atoms with Gasteiger partial charge in [-0.05, 0) is 18.3 Å². The Kier molecular flexibility index (Phi) is 0.854. The van der Waals surface area contributed by atoms with Crippen LogP contribution in [0.2, 0.25) is 0 Å². The normalized spacial score (nSPS) is 63.9. The average Bonchev–Trinajstić information content (AvgIpc) is 2.61. The fraction of sp³-hybridized carbons (Fsp3) is 1.00. The van der Waals surface area contributed by atoms with Crippen LogP contribution in [0.4, 0.5) is 0 Å². The lowest BCUT2D eigenvalue weighted by atomic mass is 10.1. The zero-order valence-electron chi connectivity index (χ0n) is 5.56. The van der Waals surface area contributed by atoms with E-state index in [0.717, 1.165) is 6.42 Å². The highest BCUT2D eigenvalue weighted by molar-refractivity contribution is 5.03. The molecule has 0 unspecified atom stereocenters. The zero-order chi connectivity index (χ0) is 6.72. The molecule has 1 aliphatic carbocycles. The van der Waals surface area contributed by atoms with E-state index in [2.05, 4.69) is 0 Å². The molecule has 2 heterocycles. The summed E-state index contributed by atoms with van der Waals surface area (Å²) in [5, 5.41) is 9.46. The van der Waals surface area contributed by atoms with E-state index in [1.165, 1.54) is 0 Å². The highest BCUT2D eigenvalue weighted by Crippen LogP contribution is 2.52. The van der Waals surface area contributed by atoms with Gasteiger partial charge in [0, 0.05) is 0 Å². The van der Waals surface area contributed by atoms with Crippen molar-refractivity contribution in [1.29, 1.82) is 0 Å². The standard InChI is InChI=1S/C7H10O3/c8-6-4-1-3(4)5-2-9-7(6)10-5/h3-8H,1-2H2/t3-,4-,5-,6-,7+/m0/s1. The highest BCUT2D eigenvalue weighted by Gasteiger charge is 2.58. The van der Waals surface area contributed by atoms with E-state index < -0.39 is 0 Å². The summed E-state index contributed by atoms with van der Waals surface area (Å²) in [4.78, 5) is 0. The second-order valence-electron chi connectivity index (χ2n) is 3.43. The molecule has 5 atom stereocenters. The van der Waals surface area contributed by atoms with Gasteiger partial charge in [-0.1, -0.05) is 0 Å². The van der Waals surface area contributed by atoms with Crippen LogP contribution in [0.5, 0.6) is 0 Å². The van der Waals surface area contributed by atoms with Crippen molar-refractivity contribution in [2.75, 3.05) is 6.61 Å². The maximum atomic E-state index is 9.46. The molecule has 0 amide bonds. The third-order valence-corrected chi connectivity index (χ3v) is 2.82. The molecular weight excluding hydrogens is 132 g/mol. The molecule has 10 heavy (non-hydrogen) atoms. The molecule has 1 saturated carbocycles. The third kappa shape index (κ3) is 0.516. The van der Waals surface area contributed by atoms with Gasteiger partial charge in [0.05, 0.1) is 12.7 Å². The smallest absolute Gasteiger partial charge is 0.184 e. The number of fused-ring (bicyclic) bond motifs is 4. The maximum absolute atomic E-state index is 9.46. The van der Waals surface area contributed by atoms with Crippen LogP contribution in [-0.2, 0) is 9.47 Å². The van der Waals surface area contributed by atoms with Gasteiger partial charge in [0.15, 0.2) is 6.29 Å². The van der Waals surface area contributed by atoms with Crippen LogP contribution in [0.1, 0.15) is 6.42 Å². The van der Waals surface area contributed by atoms with E-state index in [4.69, 9.17) is 9.47 Å². The van der Waals surface area contributed by atoms with Gasteiger partial charge in [-0.15, -0.1) is 0 Å². The quantitative estimate of drug-likeness (QED) is 0.506. The lowest BCUT2D eigenvalue weighted by Gasteiger charge is -2.22. The molecule has 1 N–H and O–H groups in total. The van der Waals surface area contributed by atoms with Gasteiger partial charge in [-0.3, -0.25) is 0 Å². The lowest BCUT2D eigenvalue weighted by Crippen LogP contribution is -2.34. The minimum atomic E-state index is -0.344. The van der Waals surface area contributed by atoms with Crippen molar-refractivity contribution >= 4 is 0 Å². The van der Waals surface area contributed by atoms with Gasteiger partial charge in [-0.25, -0.2) is 0 Å². The van der Waals surface area contributed by atoms with Crippen molar-refractivity contribution in [3.05, 3.63) is 0 Å². The van der Waals surface area contributed by atoms with Crippen molar-refractivity contribution < 1.29 is 14.6 Å². The molecular formula is C7H10O3. The largest absolute Gasteiger partial charge is 0.388 e. The number of rotatable bonds is 0. The first kappa shape index (κ1) is 5.52. The molecule has 2 saturated heterocycles. The Morgan fingerprint density at radius 2 is 2.20 bits per heavy atom. The number of ether oxygens (including phenoxy) is 2. The van der Waals surface area contributed by atoms with Crippen molar-refractivity contribution in [3.63, 3.8) is 0 Å². The number of aliphatic hydroxyl groups excluding tert-OH is 1. The van der Waals surface area contributed by atoms with Crippen LogP contribution in [-0.4, -0.2) is 30.2 Å². The summed E-state index contributed by atoms with van der Waals surface area (Å²) in [6.45, 7) is 0.697. The minimum Gasteiger partial charge on any atom is -0.388 e. The Balaban J connectivity index is 1.91. The Labute approximate surface area is 58.9 Å². The Morgan fingerprint density at radius 1 is 1.30 bits per heavy atom. The van der Waals surface area contributed by atoms with Crippen LogP contribution in [0.15, 0.2) is 0 Å². The second kappa shape index (κ2) is 1.55. The summed E-state index contributed by atoms with van der Waals surface area (Å²) in [5.41, 5.74) is 0. The number of aliphatic hydroxyl groups is 1. The molecule has 3 nitrogen and oxygen atoms in total. The van der Waals surface area contributed by atoms with E-state index in [1.54, 1.807) is 0 Å². The third-order valence-electron chi connectivity index (χ3n) is 2.82. The molecule has 0 aromatic rings. The SMILES string of the molecule is O[C@@H]1[C@@H]2OC[C@H](O2)[C@H]2C[C@H]12. The van der Waals surface area contributed by atoms with Crippen LogP contribution in [0.25, 0.3) is 0 Å². The van der Waals surface area contributed by atoms with Crippen molar-refractivity contribution in [2.24, 2.45) is 11.8 Å². The van der Waals surface area contributed by atoms with Crippen molar-refractivity contribution in [3.8, 4) is 0 Å². The minimum absolute atomic E-state index is 0.297. The van der Waals surface area contributed by atoms with Gasteiger partial charge in [0.2, 0.25) is 0 Å². The monoisotopic (exact) mass is 142 g/mol. The summed E-state index contributed by atoms with van der Waals surface area (Å²) in [7, 11) is 0. The zero-order valence-corrected chi connectivity index (χ0v) is 5.56. The second-order valence-corrected chi connectivity index (χ2v) is 3.43. The molecule has 3 rings (SSSR count). The first-order valence-corrected chi connectivity index (χ1v) is 3.81. The van der Waals surface area contributed by atoms with E-state index >= 15 is 0 Å². The Morgan fingerprint density at radius 3 is 3.10 bits per heavy atom. The van der Waals surface area contributed by atoms with Gasteiger partial charge in [-0.2, -0.15) is 0 Å². The molecule has 0 radical (unpaired) electrons. The summed E-state index contributed by atoms with van der Waals surface area (Å²) in [6.07, 6.45) is 0.807. The van der Waals surface area contributed by atoms with Crippen molar-refractivity contribution in [1.82, 2.24) is 0 Å². The molecule has 2 aliphatic heterocycles. The van der Waals surface area contributed by atoms with Crippen LogP contribution in [0.3, 0.4) is 0 Å². The fourth-order valence-corrected chi connectivity index (χ4v) is 2.10. The lowest BCUT2D eigenvalue weighted by molar-refractivity contribution is -0.157. The van der Waals surface area contributed by atoms with Crippen LogP contribution < -0.4 is 0 Å². The molecule has 56 valence electrons. The molecule has 3 aliphatic rings. The summed E-state index contributed by atoms with van der Waals surface area (Å²) in [5.74, 6) is 1.10. The first-order chi connectivity index (χ1) is 4.86. The van der Waals surface area contributed by atoms with Gasteiger partial charge in [0.25, 0.3) is 0 Å². The number of hydrogen-bond acceptors (Lipinski definition) is 3. The predicted octanol–water partition coefficient (Wildman–Crippen LogP) is -0.262. The number of hydrogen-bond donors (Lipinski definition) is 1. The molecule has 3 fully saturated rings. The van der Waals surface area contributed by atoms with Gasteiger partial charge in [0.1, 0.15) is 6.10 Å². The van der Waals surface area contributed by atoms with Crippen LogP contribution in [0, 0.1) is 11.8 Å². The van der Waals surface area contributed by atoms with E-state index in [-0.39, 0.29) is 12.4 Å². The fourth-order valence-electron chi connectivity index (χ4n) is 2.10. The van der Waals surface area contributed by atoms with Gasteiger partial charge >= 0.3 is 0 Å². The summed E-state index contributed by atoms with van der Waals surface area (Å²) in [6, 6.07) is 0. The average molecular weight is 142 g/mol. The highest BCUT2D eigenvalue weighted by atomic mass is 16.7. The first-order valence-electron chi connectivity index (χ1n) is 3.81. The molecule has 3 heteroatoms. The molecule has 0 spiro atoms. The Hall–Kier alpha value is -0.120. The molecule has 0 aromatic carbocycles. The summed E-state index contributed by atoms with van der Waals surface area (Å²) >= 11 is 0.